The van der Waals surface area contributed by atoms with Gasteiger partial charge in [0, 0.05) is 30.2 Å². The number of aryl methyl sites for hydroxylation is 1. The molecular formula is C16H17N5O. The summed E-state index contributed by atoms with van der Waals surface area (Å²) >= 11 is 0. The zero-order valence-electron chi connectivity index (χ0n) is 12.4. The van der Waals surface area contributed by atoms with Crippen molar-refractivity contribution in [2.75, 3.05) is 31.2 Å². The molecule has 1 aliphatic rings. The average Bonchev–Trinajstić information content (AvgIpc) is 3.06. The Kier molecular flexibility index (Phi) is 3.23. The number of morpholine rings is 1. The van der Waals surface area contributed by atoms with Crippen molar-refractivity contribution in [1.82, 2.24) is 20.2 Å². The lowest BCUT2D eigenvalue weighted by Crippen LogP contribution is -2.36. The predicted octanol–water partition coefficient (Wildman–Crippen LogP) is 2.16. The Labute approximate surface area is 128 Å². The number of fused-ring (bicyclic) bond motifs is 1. The minimum absolute atomic E-state index is 0.723. The van der Waals surface area contributed by atoms with Gasteiger partial charge in [0.15, 0.2) is 5.82 Å². The fourth-order valence-electron chi connectivity index (χ4n) is 2.80. The molecule has 6 heteroatoms. The summed E-state index contributed by atoms with van der Waals surface area (Å²) in [4.78, 5) is 11.3. The highest BCUT2D eigenvalue weighted by Gasteiger charge is 2.17. The van der Waals surface area contributed by atoms with Gasteiger partial charge in [-0.3, -0.25) is 10.1 Å². The normalized spacial score (nSPS) is 15.4. The van der Waals surface area contributed by atoms with Crippen LogP contribution in [0.2, 0.25) is 0 Å². The lowest BCUT2D eigenvalue weighted by atomic mass is 10.0. The standard InChI is InChI=1S/C16H17N5O/c1-11-4-5-13(12-3-2-6-17-14(11)12)15-18-16(20-19-15)21-7-9-22-10-8-21/h2-6H,7-10H2,1H3,(H,18,19,20). The third kappa shape index (κ3) is 2.21. The van der Waals surface area contributed by atoms with Crippen molar-refractivity contribution < 1.29 is 4.74 Å². The molecule has 1 fully saturated rings. The van der Waals surface area contributed by atoms with Crippen LogP contribution in [0.5, 0.6) is 0 Å². The van der Waals surface area contributed by atoms with E-state index < -0.39 is 0 Å². The number of benzene rings is 1. The molecule has 0 spiro atoms. The number of hydrogen-bond donors (Lipinski definition) is 1. The molecule has 112 valence electrons. The molecule has 6 nitrogen and oxygen atoms in total. The molecule has 0 amide bonds. The lowest BCUT2D eigenvalue weighted by Gasteiger charge is -2.25. The molecule has 1 saturated heterocycles. The smallest absolute Gasteiger partial charge is 0.245 e. The van der Waals surface area contributed by atoms with Gasteiger partial charge in [-0.15, -0.1) is 5.10 Å². The monoisotopic (exact) mass is 295 g/mol. The summed E-state index contributed by atoms with van der Waals surface area (Å²) in [5.41, 5.74) is 3.19. The summed E-state index contributed by atoms with van der Waals surface area (Å²) in [6, 6.07) is 8.16. The van der Waals surface area contributed by atoms with Crippen LogP contribution in [0.25, 0.3) is 22.3 Å². The number of nitrogens with one attached hydrogen (secondary N) is 1. The molecule has 1 aromatic carbocycles. The largest absolute Gasteiger partial charge is 0.378 e. The number of H-pyrrole nitrogens is 1. The average molecular weight is 295 g/mol. The van der Waals surface area contributed by atoms with Gasteiger partial charge in [0.1, 0.15) is 0 Å². The van der Waals surface area contributed by atoms with E-state index in [-0.39, 0.29) is 0 Å². The molecule has 0 aliphatic carbocycles. The Balaban J connectivity index is 1.76. The first-order valence-electron chi connectivity index (χ1n) is 7.43. The second-order valence-corrected chi connectivity index (χ2v) is 5.41. The molecule has 0 radical (unpaired) electrons. The molecule has 0 unspecified atom stereocenters. The van der Waals surface area contributed by atoms with Crippen molar-refractivity contribution in [2.45, 2.75) is 6.92 Å². The highest BCUT2D eigenvalue weighted by Crippen LogP contribution is 2.28. The van der Waals surface area contributed by atoms with Gasteiger partial charge in [0.25, 0.3) is 0 Å². The molecular weight excluding hydrogens is 278 g/mol. The quantitative estimate of drug-likeness (QED) is 0.785. The molecule has 0 saturated carbocycles. The van der Waals surface area contributed by atoms with Crippen molar-refractivity contribution in [3.8, 4) is 11.4 Å². The Morgan fingerprint density at radius 1 is 1.18 bits per heavy atom. The number of rotatable bonds is 2. The van der Waals surface area contributed by atoms with E-state index in [1.54, 1.807) is 0 Å². The highest BCUT2D eigenvalue weighted by molar-refractivity contribution is 5.94. The van der Waals surface area contributed by atoms with Crippen molar-refractivity contribution in [3.05, 3.63) is 36.0 Å². The second-order valence-electron chi connectivity index (χ2n) is 5.41. The van der Waals surface area contributed by atoms with Crippen LogP contribution in [0.4, 0.5) is 5.95 Å². The topological polar surface area (TPSA) is 66.9 Å². The highest BCUT2D eigenvalue weighted by atomic mass is 16.5. The minimum atomic E-state index is 0.723. The number of nitrogens with zero attached hydrogens (tertiary/aromatic N) is 4. The second kappa shape index (κ2) is 5.38. The first kappa shape index (κ1) is 13.2. The fourth-order valence-corrected chi connectivity index (χ4v) is 2.80. The zero-order chi connectivity index (χ0) is 14.9. The van der Waals surface area contributed by atoms with Gasteiger partial charge in [-0.1, -0.05) is 18.2 Å². The van der Waals surface area contributed by atoms with Crippen molar-refractivity contribution >= 4 is 16.9 Å². The molecule has 3 heterocycles. The van der Waals surface area contributed by atoms with Crippen LogP contribution in [0.15, 0.2) is 30.5 Å². The molecule has 0 bridgehead atoms. The van der Waals surface area contributed by atoms with Crippen molar-refractivity contribution in [3.63, 3.8) is 0 Å². The van der Waals surface area contributed by atoms with Gasteiger partial charge in [-0.05, 0) is 18.6 Å². The van der Waals surface area contributed by atoms with Crippen molar-refractivity contribution in [2.24, 2.45) is 0 Å². The van der Waals surface area contributed by atoms with E-state index in [1.807, 2.05) is 12.3 Å². The van der Waals surface area contributed by atoms with Gasteiger partial charge in [-0.2, -0.15) is 4.98 Å². The lowest BCUT2D eigenvalue weighted by molar-refractivity contribution is 0.122. The fraction of sp³-hybridized carbons (Fsp3) is 0.312. The van der Waals surface area contributed by atoms with E-state index in [2.05, 4.69) is 50.2 Å². The summed E-state index contributed by atoms with van der Waals surface area (Å²) in [6.45, 7) is 5.17. The molecule has 22 heavy (non-hydrogen) atoms. The number of anilines is 1. The Bertz CT molecular complexity index is 807. The van der Waals surface area contributed by atoms with Crippen LogP contribution in [0.3, 0.4) is 0 Å². The van der Waals surface area contributed by atoms with Crippen LogP contribution in [0.1, 0.15) is 5.56 Å². The van der Waals surface area contributed by atoms with Crippen LogP contribution >= 0.6 is 0 Å². The molecule has 0 atom stereocenters. The summed E-state index contributed by atoms with van der Waals surface area (Å²) in [5, 5.41) is 8.51. The van der Waals surface area contributed by atoms with E-state index in [0.29, 0.717) is 0 Å². The van der Waals surface area contributed by atoms with Crippen LogP contribution < -0.4 is 4.90 Å². The number of ether oxygens (including phenoxy) is 1. The van der Waals surface area contributed by atoms with Crippen LogP contribution in [-0.4, -0.2) is 46.5 Å². The third-order valence-corrected chi connectivity index (χ3v) is 3.99. The maximum atomic E-state index is 5.37. The van der Waals surface area contributed by atoms with Gasteiger partial charge < -0.3 is 9.64 Å². The summed E-state index contributed by atoms with van der Waals surface area (Å²) in [6.07, 6.45) is 1.82. The molecule has 3 aromatic rings. The molecule has 4 rings (SSSR count). The van der Waals surface area contributed by atoms with Gasteiger partial charge in [-0.25, -0.2) is 0 Å². The molecule has 1 aliphatic heterocycles. The summed E-state index contributed by atoms with van der Waals surface area (Å²) in [7, 11) is 0. The Morgan fingerprint density at radius 3 is 2.91 bits per heavy atom. The van der Waals surface area contributed by atoms with E-state index in [4.69, 9.17) is 4.74 Å². The maximum absolute atomic E-state index is 5.37. The third-order valence-electron chi connectivity index (χ3n) is 3.99. The van der Waals surface area contributed by atoms with E-state index in [0.717, 1.165) is 60.1 Å². The van der Waals surface area contributed by atoms with Crippen LogP contribution in [0, 0.1) is 6.92 Å². The molecule has 2 aromatic heterocycles. The van der Waals surface area contributed by atoms with Gasteiger partial charge in [0.05, 0.1) is 18.7 Å². The zero-order valence-corrected chi connectivity index (χ0v) is 12.4. The van der Waals surface area contributed by atoms with Crippen LogP contribution in [-0.2, 0) is 4.74 Å². The summed E-state index contributed by atoms with van der Waals surface area (Å²) < 4.78 is 5.37. The first-order valence-corrected chi connectivity index (χ1v) is 7.43. The van der Waals surface area contributed by atoms with Crippen molar-refractivity contribution in [1.29, 1.82) is 0 Å². The Morgan fingerprint density at radius 2 is 2.05 bits per heavy atom. The van der Waals surface area contributed by atoms with Gasteiger partial charge in [0.2, 0.25) is 5.95 Å². The maximum Gasteiger partial charge on any atom is 0.245 e. The van der Waals surface area contributed by atoms with E-state index >= 15 is 0 Å². The predicted molar refractivity (Wildman–Crippen MR) is 84.9 cm³/mol. The first-order chi connectivity index (χ1) is 10.8. The molecule has 1 N–H and O–H groups in total. The van der Waals surface area contributed by atoms with Gasteiger partial charge >= 0.3 is 0 Å². The minimum Gasteiger partial charge on any atom is -0.378 e. The Hall–Kier alpha value is -2.47. The van der Waals surface area contributed by atoms with E-state index in [9.17, 15) is 0 Å². The number of aromatic amines is 1. The number of aromatic nitrogens is 4. The SMILES string of the molecule is Cc1ccc(-c2nc(N3CCOCC3)n[nH]2)c2cccnc12. The number of hydrogen-bond acceptors (Lipinski definition) is 5. The number of pyridine rings is 1. The van der Waals surface area contributed by atoms with E-state index in [1.165, 1.54) is 0 Å². The summed E-state index contributed by atoms with van der Waals surface area (Å²) in [5.74, 6) is 1.51.